The van der Waals surface area contributed by atoms with E-state index in [0.717, 1.165) is 41.9 Å². The van der Waals surface area contributed by atoms with Crippen molar-refractivity contribution in [1.82, 2.24) is 30.4 Å². The number of aromatic nitrogens is 4. The van der Waals surface area contributed by atoms with Gasteiger partial charge in [-0.3, -0.25) is 9.59 Å². The Hall–Kier alpha value is -3.27. The van der Waals surface area contributed by atoms with Crippen molar-refractivity contribution in [2.24, 2.45) is 0 Å². The Kier molecular flexibility index (Phi) is 7.66. The second-order valence-electron chi connectivity index (χ2n) is 8.12. The van der Waals surface area contributed by atoms with Crippen molar-refractivity contribution in [3.8, 4) is 16.5 Å². The summed E-state index contributed by atoms with van der Waals surface area (Å²) in [7, 11) is 1.61. The second-order valence-corrected chi connectivity index (χ2v) is 9.07. The fourth-order valence-electron chi connectivity index (χ4n) is 3.91. The Morgan fingerprint density at radius 3 is 2.67 bits per heavy atom. The van der Waals surface area contributed by atoms with Crippen LogP contribution >= 0.6 is 11.3 Å². The van der Waals surface area contributed by atoms with Gasteiger partial charge < -0.3 is 15.0 Å². The van der Waals surface area contributed by atoms with Crippen molar-refractivity contribution in [3.63, 3.8) is 0 Å². The van der Waals surface area contributed by atoms with E-state index in [1.54, 1.807) is 7.11 Å². The molecule has 2 heterocycles. The fraction of sp³-hybridized carbons (Fsp3) is 0.435. The summed E-state index contributed by atoms with van der Waals surface area (Å²) in [5.41, 5.74) is 0.903. The Morgan fingerprint density at radius 1 is 1.18 bits per heavy atom. The van der Waals surface area contributed by atoms with Crippen LogP contribution in [0.3, 0.4) is 0 Å². The molecule has 10 heteroatoms. The Morgan fingerprint density at radius 2 is 1.97 bits per heavy atom. The summed E-state index contributed by atoms with van der Waals surface area (Å²) >= 11 is 1.51. The van der Waals surface area contributed by atoms with E-state index in [4.69, 9.17) is 4.74 Å². The number of carbonyl (C=O) groups excluding carboxylic acids is 2. The van der Waals surface area contributed by atoms with Crippen LogP contribution in [0.5, 0.6) is 5.75 Å². The molecular weight excluding hydrogens is 440 g/mol. The molecule has 1 aromatic carbocycles. The largest absolute Gasteiger partial charge is 0.497 e. The van der Waals surface area contributed by atoms with Crippen LogP contribution in [0.25, 0.3) is 10.7 Å². The summed E-state index contributed by atoms with van der Waals surface area (Å²) in [6.07, 6.45) is 5.46. The average Bonchev–Trinajstić information content (AvgIpc) is 3.52. The van der Waals surface area contributed by atoms with E-state index < -0.39 is 0 Å². The summed E-state index contributed by atoms with van der Waals surface area (Å²) in [6, 6.07) is 11.5. The highest BCUT2D eigenvalue weighted by molar-refractivity contribution is 7.13. The first-order valence-electron chi connectivity index (χ1n) is 11.1. The van der Waals surface area contributed by atoms with Crippen LogP contribution in [0.1, 0.15) is 37.7 Å². The van der Waals surface area contributed by atoms with Crippen molar-refractivity contribution >= 4 is 23.2 Å². The molecule has 0 saturated heterocycles. The van der Waals surface area contributed by atoms with Gasteiger partial charge in [0.25, 0.3) is 0 Å². The van der Waals surface area contributed by atoms with Crippen LogP contribution in [0, 0.1) is 0 Å². The van der Waals surface area contributed by atoms with Crippen molar-refractivity contribution in [2.45, 2.75) is 51.2 Å². The quantitative estimate of drug-likeness (QED) is 0.518. The molecule has 0 spiro atoms. The number of benzene rings is 1. The number of hydrogen-bond acceptors (Lipinski definition) is 7. The highest BCUT2D eigenvalue weighted by atomic mass is 32.1. The predicted octanol–water partition coefficient (Wildman–Crippen LogP) is 2.89. The van der Waals surface area contributed by atoms with Gasteiger partial charge in [0.2, 0.25) is 17.6 Å². The molecule has 33 heavy (non-hydrogen) atoms. The number of nitrogens with one attached hydrogen (secondary N) is 1. The first-order valence-corrected chi connectivity index (χ1v) is 12.0. The molecule has 0 bridgehead atoms. The van der Waals surface area contributed by atoms with Crippen molar-refractivity contribution in [1.29, 1.82) is 0 Å². The van der Waals surface area contributed by atoms with Gasteiger partial charge in [-0.1, -0.05) is 37.5 Å². The van der Waals surface area contributed by atoms with Gasteiger partial charge in [-0.05, 0) is 47.2 Å². The highest BCUT2D eigenvalue weighted by Crippen LogP contribution is 2.20. The van der Waals surface area contributed by atoms with E-state index in [0.29, 0.717) is 12.4 Å². The molecule has 9 nitrogen and oxygen atoms in total. The number of ether oxygens (including phenoxy) is 1. The van der Waals surface area contributed by atoms with E-state index in [1.807, 2.05) is 41.8 Å². The molecule has 2 aromatic heterocycles. The molecular formula is C23H28N6O3S. The van der Waals surface area contributed by atoms with Gasteiger partial charge in [0.1, 0.15) is 12.3 Å². The van der Waals surface area contributed by atoms with Gasteiger partial charge in [0.15, 0.2) is 0 Å². The maximum atomic E-state index is 13.2. The lowest BCUT2D eigenvalue weighted by molar-refractivity contribution is -0.137. The van der Waals surface area contributed by atoms with Crippen LogP contribution in [-0.4, -0.2) is 56.6 Å². The molecule has 0 aliphatic heterocycles. The molecule has 174 valence electrons. The van der Waals surface area contributed by atoms with Gasteiger partial charge in [-0.15, -0.1) is 21.5 Å². The molecule has 1 N–H and O–H groups in total. The molecule has 1 fully saturated rings. The molecule has 4 rings (SSSR count). The third-order valence-electron chi connectivity index (χ3n) is 5.66. The third kappa shape index (κ3) is 6.38. The number of amides is 2. The zero-order valence-electron chi connectivity index (χ0n) is 18.6. The lowest BCUT2D eigenvalue weighted by atomic mass is 9.95. The van der Waals surface area contributed by atoms with Crippen LogP contribution in [0.4, 0.5) is 0 Å². The maximum Gasteiger partial charge on any atom is 0.247 e. The molecule has 0 radical (unpaired) electrons. The van der Waals surface area contributed by atoms with Gasteiger partial charge >= 0.3 is 0 Å². The van der Waals surface area contributed by atoms with Crippen molar-refractivity contribution < 1.29 is 14.3 Å². The zero-order chi connectivity index (χ0) is 23.0. The van der Waals surface area contributed by atoms with Crippen LogP contribution in [-0.2, 0) is 22.7 Å². The van der Waals surface area contributed by atoms with E-state index in [2.05, 4.69) is 20.7 Å². The Labute approximate surface area is 196 Å². The predicted molar refractivity (Wildman–Crippen MR) is 125 cm³/mol. The molecule has 0 atom stereocenters. The lowest BCUT2D eigenvalue weighted by Gasteiger charge is -2.26. The van der Waals surface area contributed by atoms with E-state index >= 15 is 0 Å². The summed E-state index contributed by atoms with van der Waals surface area (Å²) in [6.45, 7) is 0.187. The normalized spacial score (nSPS) is 14.1. The summed E-state index contributed by atoms with van der Waals surface area (Å²) in [4.78, 5) is 29.6. The molecule has 1 saturated carbocycles. The molecule has 0 unspecified atom stereocenters. The summed E-state index contributed by atoms with van der Waals surface area (Å²) < 4.78 is 5.21. The van der Waals surface area contributed by atoms with Crippen LogP contribution in [0.15, 0.2) is 41.8 Å². The number of methoxy groups -OCH3 is 1. The van der Waals surface area contributed by atoms with Crippen LogP contribution < -0.4 is 10.1 Å². The smallest absolute Gasteiger partial charge is 0.247 e. The second kappa shape index (κ2) is 11.0. The topological polar surface area (TPSA) is 102 Å². The SMILES string of the molecule is COc1ccc(CN(CC(=O)NC2CCCCC2)C(=O)Cn2nnc(-c3cccs3)n2)cc1. The van der Waals surface area contributed by atoms with Crippen molar-refractivity contribution in [2.75, 3.05) is 13.7 Å². The van der Waals surface area contributed by atoms with Crippen LogP contribution in [0.2, 0.25) is 0 Å². The minimum absolute atomic E-state index is 0.0200. The monoisotopic (exact) mass is 468 g/mol. The molecule has 2 amide bonds. The molecule has 1 aliphatic rings. The average molecular weight is 469 g/mol. The molecule has 1 aliphatic carbocycles. The zero-order valence-corrected chi connectivity index (χ0v) is 19.5. The van der Waals surface area contributed by atoms with E-state index in [1.165, 1.54) is 27.5 Å². The maximum absolute atomic E-state index is 13.2. The number of carbonyl (C=O) groups is 2. The molecule has 3 aromatic rings. The van der Waals surface area contributed by atoms with Gasteiger partial charge in [-0.2, -0.15) is 4.80 Å². The minimum atomic E-state index is -0.250. The first-order chi connectivity index (χ1) is 16.1. The number of thiophene rings is 1. The minimum Gasteiger partial charge on any atom is -0.497 e. The number of hydrogen-bond donors (Lipinski definition) is 1. The lowest BCUT2D eigenvalue weighted by Crippen LogP contribution is -2.45. The number of tetrazole rings is 1. The summed E-state index contributed by atoms with van der Waals surface area (Å²) in [5.74, 6) is 0.823. The Bertz CT molecular complexity index is 1040. The number of rotatable bonds is 9. The van der Waals surface area contributed by atoms with Crippen molar-refractivity contribution in [3.05, 3.63) is 47.3 Å². The highest BCUT2D eigenvalue weighted by Gasteiger charge is 2.22. The summed E-state index contributed by atoms with van der Waals surface area (Å²) in [5, 5.41) is 17.4. The van der Waals surface area contributed by atoms with Gasteiger partial charge in [0.05, 0.1) is 18.5 Å². The fourth-order valence-corrected chi connectivity index (χ4v) is 4.56. The van der Waals surface area contributed by atoms with Gasteiger partial charge in [0, 0.05) is 12.6 Å². The first kappa shape index (κ1) is 22.9. The Balaban J connectivity index is 1.44. The third-order valence-corrected chi connectivity index (χ3v) is 6.53. The van der Waals surface area contributed by atoms with E-state index in [-0.39, 0.29) is 30.9 Å². The van der Waals surface area contributed by atoms with E-state index in [9.17, 15) is 9.59 Å². The van der Waals surface area contributed by atoms with Gasteiger partial charge in [-0.25, -0.2) is 0 Å². The standard InChI is InChI=1S/C23H28N6O3S/c1-32-19-11-9-17(10-12-19)14-28(15-21(30)24-18-6-3-2-4-7-18)22(31)16-29-26-23(25-27-29)20-8-5-13-33-20/h5,8-13,18H,2-4,6-7,14-16H2,1H3,(H,24,30). The number of nitrogens with zero attached hydrogens (tertiary/aromatic N) is 5.